The molecule has 0 spiro atoms. The van der Waals surface area contributed by atoms with E-state index in [1.165, 1.54) is 12.4 Å². The maximum absolute atomic E-state index is 12.1. The molecule has 0 unspecified atom stereocenters. The van der Waals surface area contributed by atoms with Crippen molar-refractivity contribution in [2.24, 2.45) is 5.73 Å². The molecule has 0 atom stereocenters. The van der Waals surface area contributed by atoms with Gasteiger partial charge in [0.05, 0.1) is 17.7 Å². The Morgan fingerprint density at radius 2 is 2.42 bits per heavy atom. The molecule has 0 radical (unpaired) electrons. The second kappa shape index (κ2) is 5.80. The summed E-state index contributed by atoms with van der Waals surface area (Å²) in [5, 5.41) is 6.32. The molecule has 0 bridgehead atoms. The highest BCUT2D eigenvalue weighted by Gasteiger charge is 2.12. The molecule has 96 valence electrons. The molecular weight excluding hydrogens is 244 g/mol. The van der Waals surface area contributed by atoms with Crippen molar-refractivity contribution in [3.8, 4) is 11.8 Å². The zero-order valence-electron chi connectivity index (χ0n) is 10.3. The van der Waals surface area contributed by atoms with E-state index < -0.39 is 0 Å². The van der Waals surface area contributed by atoms with E-state index in [-0.39, 0.29) is 12.5 Å². The fourth-order valence-electron chi connectivity index (χ4n) is 1.45. The Morgan fingerprint density at radius 1 is 1.58 bits per heavy atom. The first-order chi connectivity index (χ1) is 9.20. The molecule has 0 fully saturated rings. The Labute approximate surface area is 110 Å². The molecule has 6 nitrogen and oxygen atoms in total. The number of nitrogens with two attached hydrogens (primary N) is 1. The predicted octanol–water partition coefficient (Wildman–Crippen LogP) is 0.941. The molecule has 6 heteroatoms. The van der Waals surface area contributed by atoms with Gasteiger partial charge in [-0.3, -0.25) is 9.78 Å². The van der Waals surface area contributed by atoms with Gasteiger partial charge in [0.2, 0.25) is 0 Å². The molecular formula is C13H12N4O2. The van der Waals surface area contributed by atoms with Gasteiger partial charge in [0.25, 0.3) is 5.91 Å². The van der Waals surface area contributed by atoms with Gasteiger partial charge in [-0.15, -0.1) is 0 Å². The topological polar surface area (TPSA) is 94.0 Å². The number of carbonyl (C=O) groups is 1. The summed E-state index contributed by atoms with van der Waals surface area (Å²) >= 11 is 0. The van der Waals surface area contributed by atoms with Gasteiger partial charge in [0.1, 0.15) is 5.76 Å². The normalized spacial score (nSPS) is 9.58. The molecule has 2 aromatic heterocycles. The number of carbonyl (C=O) groups excluding carboxylic acids is 1. The lowest BCUT2D eigenvalue weighted by Crippen LogP contribution is -2.14. The summed E-state index contributed by atoms with van der Waals surface area (Å²) in [7, 11) is 0. The highest BCUT2D eigenvalue weighted by molar-refractivity contribution is 6.05. The second-order valence-electron chi connectivity index (χ2n) is 3.70. The van der Waals surface area contributed by atoms with Gasteiger partial charge in [-0.25, -0.2) is 0 Å². The first kappa shape index (κ1) is 12.8. The van der Waals surface area contributed by atoms with Gasteiger partial charge >= 0.3 is 0 Å². The van der Waals surface area contributed by atoms with Crippen LogP contribution in [-0.2, 0) is 0 Å². The zero-order chi connectivity index (χ0) is 13.7. The number of rotatable bonds is 2. The van der Waals surface area contributed by atoms with Crippen molar-refractivity contribution < 1.29 is 9.32 Å². The fourth-order valence-corrected chi connectivity index (χ4v) is 1.45. The minimum atomic E-state index is -0.322. The Morgan fingerprint density at radius 3 is 3.11 bits per heavy atom. The number of pyridine rings is 1. The number of hydrogen-bond donors (Lipinski definition) is 2. The summed E-state index contributed by atoms with van der Waals surface area (Å²) in [6, 6.07) is 3.22. The molecule has 2 heterocycles. The van der Waals surface area contributed by atoms with Crippen LogP contribution in [0.3, 0.4) is 0 Å². The third-order valence-corrected chi connectivity index (χ3v) is 2.26. The average molecular weight is 256 g/mol. The molecule has 1 amide bonds. The van der Waals surface area contributed by atoms with Crippen LogP contribution in [0.5, 0.6) is 0 Å². The van der Waals surface area contributed by atoms with Gasteiger partial charge in [0.15, 0.2) is 5.82 Å². The molecule has 0 saturated heterocycles. The quantitative estimate of drug-likeness (QED) is 0.780. The lowest BCUT2D eigenvalue weighted by atomic mass is 10.1. The average Bonchev–Trinajstić information content (AvgIpc) is 2.82. The fraction of sp³-hybridized carbons (Fsp3) is 0.154. The molecule has 3 N–H and O–H groups in total. The molecule has 0 aromatic carbocycles. The molecule has 0 aliphatic heterocycles. The van der Waals surface area contributed by atoms with Gasteiger partial charge in [-0.1, -0.05) is 17.0 Å². The Hall–Kier alpha value is -2.65. The van der Waals surface area contributed by atoms with Gasteiger partial charge in [0, 0.05) is 18.5 Å². The standard InChI is InChI=1S/C13H12N4O2/c1-9-7-12(17-19-9)16-13(18)11-4-6-15-8-10(11)3-2-5-14/h4,6-8H,5,14H2,1H3,(H,16,17,18). The van der Waals surface area contributed by atoms with E-state index in [4.69, 9.17) is 10.3 Å². The Bertz CT molecular complexity index is 652. The van der Waals surface area contributed by atoms with Crippen LogP contribution in [0, 0.1) is 18.8 Å². The third-order valence-electron chi connectivity index (χ3n) is 2.26. The van der Waals surface area contributed by atoms with E-state index in [0.29, 0.717) is 22.7 Å². The molecule has 0 saturated carbocycles. The van der Waals surface area contributed by atoms with E-state index in [2.05, 4.69) is 27.3 Å². The second-order valence-corrected chi connectivity index (χ2v) is 3.70. The Kier molecular flexibility index (Phi) is 3.90. The highest BCUT2D eigenvalue weighted by atomic mass is 16.5. The maximum atomic E-state index is 12.1. The third kappa shape index (κ3) is 3.18. The van der Waals surface area contributed by atoms with E-state index >= 15 is 0 Å². The lowest BCUT2D eigenvalue weighted by Gasteiger charge is -2.03. The molecule has 0 aliphatic rings. The summed E-state index contributed by atoms with van der Waals surface area (Å²) in [4.78, 5) is 16.0. The first-order valence-electron chi connectivity index (χ1n) is 5.58. The van der Waals surface area contributed by atoms with Crippen LogP contribution in [0.25, 0.3) is 0 Å². The van der Waals surface area contributed by atoms with Gasteiger partial charge < -0.3 is 15.6 Å². The van der Waals surface area contributed by atoms with Crippen molar-refractivity contribution in [1.29, 1.82) is 0 Å². The predicted molar refractivity (Wildman–Crippen MR) is 69.4 cm³/mol. The molecule has 2 aromatic rings. The van der Waals surface area contributed by atoms with Crippen LogP contribution in [0.1, 0.15) is 21.7 Å². The van der Waals surface area contributed by atoms with E-state index in [1.807, 2.05) is 0 Å². The minimum Gasteiger partial charge on any atom is -0.360 e. The largest absolute Gasteiger partial charge is 0.360 e. The number of aromatic nitrogens is 2. The van der Waals surface area contributed by atoms with Crippen LogP contribution in [0.15, 0.2) is 29.0 Å². The summed E-state index contributed by atoms with van der Waals surface area (Å²) in [6.45, 7) is 1.96. The highest BCUT2D eigenvalue weighted by Crippen LogP contribution is 2.11. The van der Waals surface area contributed by atoms with E-state index in [0.717, 1.165) is 0 Å². The molecule has 0 aliphatic carbocycles. The minimum absolute atomic E-state index is 0.221. The van der Waals surface area contributed by atoms with Gasteiger partial charge in [-0.2, -0.15) is 0 Å². The lowest BCUT2D eigenvalue weighted by molar-refractivity contribution is 0.102. The summed E-state index contributed by atoms with van der Waals surface area (Å²) < 4.78 is 4.87. The number of aryl methyl sites for hydroxylation is 1. The van der Waals surface area contributed by atoms with Crippen LogP contribution in [-0.4, -0.2) is 22.6 Å². The number of hydrogen-bond acceptors (Lipinski definition) is 5. The van der Waals surface area contributed by atoms with Gasteiger partial charge in [-0.05, 0) is 13.0 Å². The van der Waals surface area contributed by atoms with Crippen molar-refractivity contribution in [3.63, 3.8) is 0 Å². The van der Waals surface area contributed by atoms with Crippen molar-refractivity contribution in [1.82, 2.24) is 10.1 Å². The van der Waals surface area contributed by atoms with Crippen LogP contribution < -0.4 is 11.1 Å². The maximum Gasteiger partial charge on any atom is 0.258 e. The number of nitrogens with zero attached hydrogens (tertiary/aromatic N) is 2. The first-order valence-corrected chi connectivity index (χ1v) is 5.58. The number of nitrogens with one attached hydrogen (secondary N) is 1. The summed E-state index contributed by atoms with van der Waals surface area (Å²) in [5.74, 6) is 6.15. The number of anilines is 1. The molecule has 2 rings (SSSR count). The Balaban J connectivity index is 2.23. The van der Waals surface area contributed by atoms with E-state index in [9.17, 15) is 4.79 Å². The zero-order valence-corrected chi connectivity index (χ0v) is 10.3. The SMILES string of the molecule is Cc1cc(NC(=O)c2ccncc2C#CCN)no1. The van der Waals surface area contributed by atoms with Crippen LogP contribution in [0.4, 0.5) is 5.82 Å². The van der Waals surface area contributed by atoms with Crippen molar-refractivity contribution in [2.75, 3.05) is 11.9 Å². The van der Waals surface area contributed by atoms with Crippen molar-refractivity contribution in [2.45, 2.75) is 6.92 Å². The summed E-state index contributed by atoms with van der Waals surface area (Å²) in [5.41, 5.74) is 6.24. The van der Waals surface area contributed by atoms with Crippen LogP contribution >= 0.6 is 0 Å². The smallest absolute Gasteiger partial charge is 0.258 e. The van der Waals surface area contributed by atoms with Crippen molar-refractivity contribution in [3.05, 3.63) is 41.4 Å². The van der Waals surface area contributed by atoms with Crippen LogP contribution in [0.2, 0.25) is 0 Å². The number of amides is 1. The van der Waals surface area contributed by atoms with E-state index in [1.54, 1.807) is 19.1 Å². The molecule has 19 heavy (non-hydrogen) atoms. The summed E-state index contributed by atoms with van der Waals surface area (Å²) in [6.07, 6.45) is 3.04. The monoisotopic (exact) mass is 256 g/mol. The van der Waals surface area contributed by atoms with Crippen molar-refractivity contribution >= 4 is 11.7 Å².